The van der Waals surface area contributed by atoms with Crippen LogP contribution in [0, 0.1) is 23.2 Å². The normalized spacial score (nSPS) is 43.2. The Labute approximate surface area is 81.5 Å². The van der Waals surface area contributed by atoms with Crippen LogP contribution in [0.2, 0.25) is 0 Å². The first-order valence-electron chi connectivity index (χ1n) is 5.74. The summed E-state index contributed by atoms with van der Waals surface area (Å²) in [6.07, 6.45) is 6.75. The molecule has 2 aliphatic rings. The van der Waals surface area contributed by atoms with Gasteiger partial charge in [-0.15, -0.1) is 0 Å². The Hall–Kier alpha value is -0.0400. The minimum Gasteiger partial charge on any atom is -0.396 e. The van der Waals surface area contributed by atoms with Gasteiger partial charge < -0.3 is 5.11 Å². The first kappa shape index (κ1) is 9.51. The van der Waals surface area contributed by atoms with Gasteiger partial charge in [-0.2, -0.15) is 0 Å². The summed E-state index contributed by atoms with van der Waals surface area (Å²) in [5.41, 5.74) is 0.580. The summed E-state index contributed by atoms with van der Waals surface area (Å²) in [4.78, 5) is 0. The van der Waals surface area contributed by atoms with Gasteiger partial charge in [0.05, 0.1) is 0 Å². The number of aliphatic hydroxyl groups excluding tert-OH is 1. The molecule has 1 heteroatoms. The van der Waals surface area contributed by atoms with Crippen LogP contribution >= 0.6 is 0 Å². The molecule has 2 fully saturated rings. The van der Waals surface area contributed by atoms with Crippen molar-refractivity contribution < 1.29 is 5.11 Å². The van der Waals surface area contributed by atoms with E-state index in [1.54, 1.807) is 0 Å². The summed E-state index contributed by atoms with van der Waals surface area (Å²) >= 11 is 0. The van der Waals surface area contributed by atoms with Gasteiger partial charge in [-0.1, -0.05) is 13.8 Å². The average Bonchev–Trinajstić information content (AvgIpc) is 2.13. The van der Waals surface area contributed by atoms with E-state index in [0.29, 0.717) is 17.9 Å². The van der Waals surface area contributed by atoms with Crippen LogP contribution in [0.1, 0.15) is 46.0 Å². The molecule has 0 spiro atoms. The maximum atomic E-state index is 9.23. The van der Waals surface area contributed by atoms with Gasteiger partial charge in [0.15, 0.2) is 0 Å². The fourth-order valence-corrected chi connectivity index (χ4v) is 3.39. The second-order valence-corrected chi connectivity index (χ2v) is 5.74. The lowest BCUT2D eigenvalue weighted by Gasteiger charge is -2.48. The molecule has 2 bridgehead atoms. The number of rotatable bonds is 1. The zero-order valence-electron chi connectivity index (χ0n) is 8.92. The lowest BCUT2D eigenvalue weighted by molar-refractivity contribution is 0.00259. The predicted molar refractivity (Wildman–Crippen MR) is 54.4 cm³/mol. The van der Waals surface area contributed by atoms with Gasteiger partial charge in [-0.05, 0) is 55.3 Å². The molecular weight excluding hydrogens is 160 g/mol. The van der Waals surface area contributed by atoms with Crippen molar-refractivity contribution in [1.82, 2.24) is 0 Å². The highest BCUT2D eigenvalue weighted by atomic mass is 16.3. The molecule has 2 rings (SSSR count). The van der Waals surface area contributed by atoms with Crippen LogP contribution in [0.15, 0.2) is 0 Å². The summed E-state index contributed by atoms with van der Waals surface area (Å²) in [6, 6.07) is 0. The molecule has 3 atom stereocenters. The molecular formula is C12H22O. The molecule has 2 saturated carbocycles. The summed E-state index contributed by atoms with van der Waals surface area (Å²) in [6.45, 7) is 5.28. The van der Waals surface area contributed by atoms with E-state index in [1.165, 1.54) is 32.1 Å². The van der Waals surface area contributed by atoms with Crippen LogP contribution in [0.5, 0.6) is 0 Å². The molecule has 2 aliphatic carbocycles. The molecule has 0 saturated heterocycles. The second-order valence-electron chi connectivity index (χ2n) is 5.74. The van der Waals surface area contributed by atoms with Crippen molar-refractivity contribution in [1.29, 1.82) is 0 Å². The Morgan fingerprint density at radius 1 is 1.23 bits per heavy atom. The molecule has 1 nitrogen and oxygen atoms in total. The van der Waals surface area contributed by atoms with Gasteiger partial charge in [0.25, 0.3) is 0 Å². The fourth-order valence-electron chi connectivity index (χ4n) is 3.39. The minimum absolute atomic E-state index is 0.428. The summed E-state index contributed by atoms with van der Waals surface area (Å²) < 4.78 is 0. The largest absolute Gasteiger partial charge is 0.396 e. The number of aliphatic hydroxyl groups is 1. The van der Waals surface area contributed by atoms with E-state index < -0.39 is 0 Å². The lowest BCUT2D eigenvalue weighted by atomic mass is 9.57. The third-order valence-corrected chi connectivity index (χ3v) is 4.64. The van der Waals surface area contributed by atoms with Crippen LogP contribution in [-0.4, -0.2) is 11.7 Å². The van der Waals surface area contributed by atoms with Crippen LogP contribution in [0.3, 0.4) is 0 Å². The molecule has 0 aromatic carbocycles. The molecule has 0 aliphatic heterocycles. The maximum absolute atomic E-state index is 9.23. The molecule has 0 aromatic rings. The number of hydrogen-bond donors (Lipinski definition) is 1. The predicted octanol–water partition coefficient (Wildman–Crippen LogP) is 2.83. The zero-order chi connectivity index (χ0) is 9.47. The maximum Gasteiger partial charge on any atom is 0.0461 e. The van der Waals surface area contributed by atoms with Crippen molar-refractivity contribution in [3.05, 3.63) is 0 Å². The van der Waals surface area contributed by atoms with Gasteiger partial charge in [0, 0.05) is 6.61 Å². The Morgan fingerprint density at radius 3 is 2.69 bits per heavy atom. The fraction of sp³-hybridized carbons (Fsp3) is 1.00. The monoisotopic (exact) mass is 182 g/mol. The van der Waals surface area contributed by atoms with Crippen molar-refractivity contribution >= 4 is 0 Å². The van der Waals surface area contributed by atoms with Crippen LogP contribution in [-0.2, 0) is 0 Å². The summed E-state index contributed by atoms with van der Waals surface area (Å²) in [5, 5.41) is 9.23. The van der Waals surface area contributed by atoms with E-state index in [0.717, 1.165) is 11.8 Å². The smallest absolute Gasteiger partial charge is 0.0461 e. The lowest BCUT2D eigenvalue weighted by Crippen LogP contribution is -2.39. The second kappa shape index (κ2) is 3.27. The Morgan fingerprint density at radius 2 is 2.00 bits per heavy atom. The van der Waals surface area contributed by atoms with E-state index >= 15 is 0 Å². The molecule has 0 unspecified atom stereocenters. The number of hydrogen-bond acceptors (Lipinski definition) is 1. The quantitative estimate of drug-likeness (QED) is 0.661. The van der Waals surface area contributed by atoms with Crippen molar-refractivity contribution in [2.45, 2.75) is 46.0 Å². The highest BCUT2D eigenvalue weighted by molar-refractivity contribution is 4.92. The van der Waals surface area contributed by atoms with Gasteiger partial charge in [-0.25, -0.2) is 0 Å². The van der Waals surface area contributed by atoms with Crippen LogP contribution in [0.25, 0.3) is 0 Å². The van der Waals surface area contributed by atoms with Gasteiger partial charge in [0.1, 0.15) is 0 Å². The standard InChI is InChI=1S/C12H22O/c1-12(2)6-5-9-7-11(12)4-3-10(9)8-13/h9-11,13H,3-8H2,1-2H3/t9-,10-,11-/m0/s1. The summed E-state index contributed by atoms with van der Waals surface area (Å²) in [7, 11) is 0. The van der Waals surface area contributed by atoms with E-state index in [-0.39, 0.29) is 0 Å². The average molecular weight is 182 g/mol. The molecule has 0 amide bonds. The zero-order valence-corrected chi connectivity index (χ0v) is 8.92. The van der Waals surface area contributed by atoms with Crippen molar-refractivity contribution in [2.24, 2.45) is 23.2 Å². The van der Waals surface area contributed by atoms with E-state index in [4.69, 9.17) is 0 Å². The van der Waals surface area contributed by atoms with Crippen molar-refractivity contribution in [3.8, 4) is 0 Å². The SMILES string of the molecule is CC1(C)CC[C@H]2C[C@@H]1CC[C@H]2CO. The highest BCUT2D eigenvalue weighted by Crippen LogP contribution is 2.51. The number of fused-ring (bicyclic) bond motifs is 2. The van der Waals surface area contributed by atoms with E-state index in [1.807, 2.05) is 0 Å². The van der Waals surface area contributed by atoms with Crippen LogP contribution < -0.4 is 0 Å². The first-order valence-corrected chi connectivity index (χ1v) is 5.74. The topological polar surface area (TPSA) is 20.2 Å². The molecule has 0 aromatic heterocycles. The molecule has 1 N–H and O–H groups in total. The van der Waals surface area contributed by atoms with E-state index in [9.17, 15) is 5.11 Å². The third-order valence-electron chi connectivity index (χ3n) is 4.64. The molecule has 76 valence electrons. The van der Waals surface area contributed by atoms with Gasteiger partial charge >= 0.3 is 0 Å². The van der Waals surface area contributed by atoms with Gasteiger partial charge in [0.2, 0.25) is 0 Å². The summed E-state index contributed by atoms with van der Waals surface area (Å²) in [5.74, 6) is 2.41. The Balaban J connectivity index is 2.05. The van der Waals surface area contributed by atoms with Crippen molar-refractivity contribution in [3.63, 3.8) is 0 Å². The van der Waals surface area contributed by atoms with Gasteiger partial charge in [-0.3, -0.25) is 0 Å². The van der Waals surface area contributed by atoms with Crippen molar-refractivity contribution in [2.75, 3.05) is 6.61 Å². The third kappa shape index (κ3) is 1.63. The highest BCUT2D eigenvalue weighted by Gasteiger charge is 2.41. The van der Waals surface area contributed by atoms with Crippen LogP contribution in [0.4, 0.5) is 0 Å². The first-order chi connectivity index (χ1) is 6.13. The molecule has 0 heterocycles. The Bertz CT molecular complexity index is 186. The molecule has 0 radical (unpaired) electrons. The van der Waals surface area contributed by atoms with E-state index in [2.05, 4.69) is 13.8 Å². The Kier molecular flexibility index (Phi) is 2.39. The minimum atomic E-state index is 0.428. The molecule has 13 heavy (non-hydrogen) atoms.